The lowest BCUT2D eigenvalue weighted by Gasteiger charge is -2.10. The zero-order chi connectivity index (χ0) is 15.1. The van der Waals surface area contributed by atoms with Gasteiger partial charge in [-0.15, -0.1) is 5.10 Å². The molecule has 0 bridgehead atoms. The number of carbonyl (C=O) groups is 1. The lowest BCUT2D eigenvalue weighted by atomic mass is 10.2. The van der Waals surface area contributed by atoms with Crippen molar-refractivity contribution in [2.24, 2.45) is 0 Å². The first-order valence-electron chi connectivity index (χ1n) is 5.52. The maximum absolute atomic E-state index is 12.6. The van der Waals surface area contributed by atoms with Gasteiger partial charge in [0.05, 0.1) is 22.0 Å². The Hall–Kier alpha value is -1.89. The summed E-state index contributed by atoms with van der Waals surface area (Å²) in [6, 6.07) is 2.90. The van der Waals surface area contributed by atoms with E-state index in [9.17, 15) is 18.0 Å². The average Bonchev–Trinajstić information content (AvgIpc) is 2.70. The summed E-state index contributed by atoms with van der Waals surface area (Å²) >= 11 is 5.86. The number of nitrogens with zero attached hydrogens (tertiary/aromatic N) is 3. The molecule has 20 heavy (non-hydrogen) atoms. The highest BCUT2D eigenvalue weighted by Crippen LogP contribution is 2.33. The highest BCUT2D eigenvalue weighted by Gasteiger charge is 2.31. The Bertz CT molecular complexity index is 679. The second-order valence-corrected chi connectivity index (χ2v) is 4.56. The number of aromatic nitrogens is 3. The molecule has 1 aromatic carbocycles. The zero-order valence-electron chi connectivity index (χ0n) is 10.5. The van der Waals surface area contributed by atoms with Gasteiger partial charge in [0.2, 0.25) is 0 Å². The Kier molecular flexibility index (Phi) is 3.56. The van der Waals surface area contributed by atoms with Gasteiger partial charge in [-0.05, 0) is 25.1 Å². The third-order valence-corrected chi connectivity index (χ3v) is 3.03. The van der Waals surface area contributed by atoms with Crippen LogP contribution < -0.4 is 0 Å². The van der Waals surface area contributed by atoms with Gasteiger partial charge in [-0.1, -0.05) is 16.8 Å². The van der Waals surface area contributed by atoms with Crippen molar-refractivity contribution in [1.29, 1.82) is 0 Å². The van der Waals surface area contributed by atoms with Gasteiger partial charge in [0.1, 0.15) is 0 Å². The number of benzene rings is 1. The summed E-state index contributed by atoms with van der Waals surface area (Å²) in [5, 5.41) is 7.30. The molecule has 0 spiro atoms. The standard InChI is InChI=1S/C12H9ClF3N3O/c1-6-11(7(2)20)17-18-19(6)10-4-3-8(5-9(10)13)12(14,15)16/h3-5H,1-2H3. The van der Waals surface area contributed by atoms with Crippen molar-refractivity contribution in [2.45, 2.75) is 20.0 Å². The average molecular weight is 304 g/mol. The minimum Gasteiger partial charge on any atom is -0.293 e. The SMILES string of the molecule is CC(=O)c1nnn(-c2ccc(C(F)(F)F)cc2Cl)c1C. The molecule has 0 saturated carbocycles. The summed E-state index contributed by atoms with van der Waals surface area (Å²) < 4.78 is 38.9. The maximum atomic E-state index is 12.6. The van der Waals surface area contributed by atoms with Gasteiger partial charge in [0.15, 0.2) is 11.5 Å². The van der Waals surface area contributed by atoms with Crippen LogP contribution in [0.4, 0.5) is 13.2 Å². The molecule has 2 rings (SSSR count). The van der Waals surface area contributed by atoms with E-state index < -0.39 is 11.7 Å². The molecule has 0 amide bonds. The molecular weight excluding hydrogens is 295 g/mol. The molecule has 0 aliphatic heterocycles. The van der Waals surface area contributed by atoms with Crippen LogP contribution in [0.3, 0.4) is 0 Å². The first-order chi connectivity index (χ1) is 9.21. The molecule has 106 valence electrons. The predicted molar refractivity (Wildman–Crippen MR) is 66.1 cm³/mol. The molecule has 8 heteroatoms. The van der Waals surface area contributed by atoms with Crippen LogP contribution in [0.2, 0.25) is 5.02 Å². The Labute approximate surface area is 117 Å². The fourth-order valence-corrected chi connectivity index (χ4v) is 2.00. The monoisotopic (exact) mass is 303 g/mol. The number of carbonyl (C=O) groups excluding carboxylic acids is 1. The smallest absolute Gasteiger partial charge is 0.293 e. The summed E-state index contributed by atoms with van der Waals surface area (Å²) in [5.41, 5.74) is -0.0481. The van der Waals surface area contributed by atoms with Gasteiger partial charge < -0.3 is 0 Å². The van der Waals surface area contributed by atoms with Crippen molar-refractivity contribution in [3.05, 3.63) is 40.2 Å². The van der Waals surface area contributed by atoms with E-state index in [1.807, 2.05) is 0 Å². The van der Waals surface area contributed by atoms with Gasteiger partial charge in [-0.2, -0.15) is 13.2 Å². The maximum Gasteiger partial charge on any atom is 0.416 e. The summed E-state index contributed by atoms with van der Waals surface area (Å²) in [7, 11) is 0. The molecule has 0 atom stereocenters. The van der Waals surface area contributed by atoms with Crippen LogP contribution in [-0.2, 0) is 6.18 Å². The summed E-state index contributed by atoms with van der Waals surface area (Å²) in [4.78, 5) is 11.3. The fraction of sp³-hybridized carbons (Fsp3) is 0.250. The summed E-state index contributed by atoms with van der Waals surface area (Å²) in [6.45, 7) is 2.92. The minimum atomic E-state index is -4.47. The van der Waals surface area contributed by atoms with E-state index in [-0.39, 0.29) is 22.2 Å². The molecule has 0 fully saturated rings. The van der Waals surface area contributed by atoms with Gasteiger partial charge in [0.25, 0.3) is 0 Å². The summed E-state index contributed by atoms with van der Waals surface area (Å²) in [5.74, 6) is -0.281. The molecule has 4 nitrogen and oxygen atoms in total. The third kappa shape index (κ3) is 2.53. The molecule has 1 heterocycles. The largest absolute Gasteiger partial charge is 0.416 e. The number of alkyl halides is 3. The van der Waals surface area contributed by atoms with Crippen LogP contribution >= 0.6 is 11.6 Å². The van der Waals surface area contributed by atoms with Crippen molar-refractivity contribution in [3.63, 3.8) is 0 Å². The van der Waals surface area contributed by atoms with Crippen LogP contribution in [0.25, 0.3) is 5.69 Å². The molecule has 0 N–H and O–H groups in total. The zero-order valence-corrected chi connectivity index (χ0v) is 11.2. The number of hydrogen-bond donors (Lipinski definition) is 0. The molecule has 0 aliphatic carbocycles. The molecule has 0 radical (unpaired) electrons. The van der Waals surface area contributed by atoms with E-state index in [0.29, 0.717) is 5.69 Å². The molecule has 0 unspecified atom stereocenters. The van der Waals surface area contributed by atoms with E-state index in [4.69, 9.17) is 11.6 Å². The normalized spacial score (nSPS) is 11.7. The first kappa shape index (κ1) is 14.5. The number of Topliss-reactive ketones (excluding diaryl/α,β-unsaturated/α-hetero) is 1. The lowest BCUT2D eigenvalue weighted by Crippen LogP contribution is -2.07. The Morgan fingerprint density at radius 2 is 2.00 bits per heavy atom. The second-order valence-electron chi connectivity index (χ2n) is 4.16. The van der Waals surface area contributed by atoms with E-state index in [1.165, 1.54) is 17.7 Å². The Morgan fingerprint density at radius 3 is 2.45 bits per heavy atom. The first-order valence-corrected chi connectivity index (χ1v) is 5.90. The van der Waals surface area contributed by atoms with Crippen molar-refractivity contribution in [2.75, 3.05) is 0 Å². The number of halogens is 4. The summed E-state index contributed by atoms with van der Waals surface area (Å²) in [6.07, 6.45) is -4.47. The van der Waals surface area contributed by atoms with Crippen LogP contribution in [0.1, 0.15) is 28.7 Å². The van der Waals surface area contributed by atoms with Crippen LogP contribution in [0.15, 0.2) is 18.2 Å². The number of rotatable bonds is 2. The second kappa shape index (κ2) is 4.90. The van der Waals surface area contributed by atoms with Crippen molar-refractivity contribution < 1.29 is 18.0 Å². The molecule has 0 saturated heterocycles. The molecule has 1 aromatic heterocycles. The van der Waals surface area contributed by atoms with E-state index >= 15 is 0 Å². The lowest BCUT2D eigenvalue weighted by molar-refractivity contribution is -0.137. The van der Waals surface area contributed by atoms with Gasteiger partial charge in [-0.3, -0.25) is 4.79 Å². The number of ketones is 1. The predicted octanol–water partition coefficient (Wildman–Crippen LogP) is 3.45. The Morgan fingerprint density at radius 1 is 1.35 bits per heavy atom. The van der Waals surface area contributed by atoms with Crippen LogP contribution in [-0.4, -0.2) is 20.8 Å². The Balaban J connectivity index is 2.52. The van der Waals surface area contributed by atoms with Crippen molar-refractivity contribution >= 4 is 17.4 Å². The number of hydrogen-bond acceptors (Lipinski definition) is 3. The fourth-order valence-electron chi connectivity index (χ4n) is 1.74. The third-order valence-electron chi connectivity index (χ3n) is 2.73. The highest BCUT2D eigenvalue weighted by molar-refractivity contribution is 6.32. The van der Waals surface area contributed by atoms with Crippen molar-refractivity contribution in [1.82, 2.24) is 15.0 Å². The molecule has 0 aliphatic rings. The highest BCUT2D eigenvalue weighted by atomic mass is 35.5. The van der Waals surface area contributed by atoms with Gasteiger partial charge in [-0.25, -0.2) is 4.68 Å². The van der Waals surface area contributed by atoms with Crippen molar-refractivity contribution in [3.8, 4) is 5.69 Å². The van der Waals surface area contributed by atoms with Gasteiger partial charge in [0, 0.05) is 6.92 Å². The van der Waals surface area contributed by atoms with E-state index in [2.05, 4.69) is 10.3 Å². The van der Waals surface area contributed by atoms with Crippen LogP contribution in [0.5, 0.6) is 0 Å². The molecule has 2 aromatic rings. The molecular formula is C12H9ClF3N3O. The van der Waals surface area contributed by atoms with Gasteiger partial charge >= 0.3 is 6.18 Å². The van der Waals surface area contributed by atoms with E-state index in [1.54, 1.807) is 6.92 Å². The van der Waals surface area contributed by atoms with E-state index in [0.717, 1.165) is 12.1 Å². The topological polar surface area (TPSA) is 47.8 Å². The minimum absolute atomic E-state index is 0.122. The quantitative estimate of drug-likeness (QED) is 0.798. The van der Waals surface area contributed by atoms with Crippen LogP contribution in [0, 0.1) is 6.92 Å².